The van der Waals surface area contributed by atoms with Gasteiger partial charge >= 0.3 is 6.09 Å². The van der Waals surface area contributed by atoms with Gasteiger partial charge in [0.15, 0.2) is 0 Å². The summed E-state index contributed by atoms with van der Waals surface area (Å²) in [4.78, 5) is 26.3. The smallest absolute Gasteiger partial charge is 0.407 e. The van der Waals surface area contributed by atoms with E-state index in [0.717, 1.165) is 5.69 Å². The van der Waals surface area contributed by atoms with E-state index >= 15 is 0 Å². The highest BCUT2D eigenvalue weighted by Gasteiger charge is 2.27. The van der Waals surface area contributed by atoms with Crippen LogP contribution in [-0.4, -0.2) is 46.3 Å². The molecule has 0 radical (unpaired) electrons. The van der Waals surface area contributed by atoms with E-state index in [1.165, 1.54) is 4.90 Å². The molecule has 1 aliphatic rings. The number of aromatic nitrogens is 1. The fourth-order valence-electron chi connectivity index (χ4n) is 2.43. The molecule has 1 unspecified atom stereocenters. The zero-order valence-corrected chi connectivity index (χ0v) is 11.2. The minimum Gasteiger partial charge on any atom is -0.465 e. The lowest BCUT2D eigenvalue weighted by molar-refractivity contribution is 0.122. The van der Waals surface area contributed by atoms with Gasteiger partial charge in [0.2, 0.25) is 0 Å². The predicted octanol–water partition coefficient (Wildman–Crippen LogP) is 1.06. The van der Waals surface area contributed by atoms with Gasteiger partial charge in [-0.05, 0) is 19.9 Å². The van der Waals surface area contributed by atoms with E-state index in [9.17, 15) is 9.59 Å². The highest BCUT2D eigenvalue weighted by Crippen LogP contribution is 2.17. The van der Waals surface area contributed by atoms with Crippen LogP contribution in [0.15, 0.2) is 23.1 Å². The second-order valence-corrected chi connectivity index (χ2v) is 4.78. The Morgan fingerprint density at radius 1 is 1.47 bits per heavy atom. The van der Waals surface area contributed by atoms with Gasteiger partial charge in [0.05, 0.1) is 0 Å². The zero-order chi connectivity index (χ0) is 14.0. The molecule has 0 saturated carbocycles. The second-order valence-electron chi connectivity index (χ2n) is 4.78. The number of hydrogen-bond donors (Lipinski definition) is 1. The van der Waals surface area contributed by atoms with Crippen LogP contribution in [0.25, 0.3) is 0 Å². The van der Waals surface area contributed by atoms with Crippen LogP contribution < -0.4 is 10.5 Å². The first-order valence-corrected chi connectivity index (χ1v) is 6.48. The molecule has 0 aromatic carbocycles. The Kier molecular flexibility index (Phi) is 3.78. The highest BCUT2D eigenvalue weighted by atomic mass is 16.4. The lowest BCUT2D eigenvalue weighted by Gasteiger charge is -2.39. The maximum Gasteiger partial charge on any atom is 0.407 e. The number of nitrogens with zero attached hydrogens (tertiary/aromatic N) is 3. The quantitative estimate of drug-likeness (QED) is 0.868. The first-order valence-electron chi connectivity index (χ1n) is 6.48. The molecular formula is C13H19N3O3. The number of hydrogen-bond acceptors (Lipinski definition) is 3. The van der Waals surface area contributed by atoms with Crippen molar-refractivity contribution in [2.24, 2.45) is 0 Å². The number of piperazine rings is 1. The van der Waals surface area contributed by atoms with Gasteiger partial charge in [-0.15, -0.1) is 0 Å². The van der Waals surface area contributed by atoms with E-state index in [2.05, 4.69) is 4.90 Å². The van der Waals surface area contributed by atoms with Gasteiger partial charge < -0.3 is 19.5 Å². The highest BCUT2D eigenvalue weighted by molar-refractivity contribution is 5.66. The molecule has 6 heteroatoms. The van der Waals surface area contributed by atoms with Crippen LogP contribution in [0.1, 0.15) is 13.8 Å². The van der Waals surface area contributed by atoms with Gasteiger partial charge in [0.25, 0.3) is 5.56 Å². The topological polar surface area (TPSA) is 65.8 Å². The second kappa shape index (κ2) is 5.34. The normalized spacial score (nSPS) is 19.6. The number of amides is 1. The number of anilines is 1. The maximum atomic E-state index is 11.8. The van der Waals surface area contributed by atoms with Gasteiger partial charge in [-0.2, -0.15) is 0 Å². The molecule has 1 aromatic rings. The molecule has 0 spiro atoms. The number of rotatable bonds is 2. The van der Waals surface area contributed by atoms with Crippen LogP contribution in [0.3, 0.4) is 0 Å². The first-order chi connectivity index (χ1) is 9.02. The molecular weight excluding hydrogens is 246 g/mol. The van der Waals surface area contributed by atoms with Gasteiger partial charge in [0.1, 0.15) is 0 Å². The summed E-state index contributed by atoms with van der Waals surface area (Å²) in [5, 5.41) is 9.03. The zero-order valence-electron chi connectivity index (χ0n) is 11.2. The van der Waals surface area contributed by atoms with Crippen LogP contribution in [0.2, 0.25) is 0 Å². The van der Waals surface area contributed by atoms with Crippen molar-refractivity contribution >= 4 is 11.8 Å². The largest absolute Gasteiger partial charge is 0.465 e. The minimum absolute atomic E-state index is 0.0201. The fourth-order valence-corrected chi connectivity index (χ4v) is 2.43. The molecule has 1 N–H and O–H groups in total. The summed E-state index contributed by atoms with van der Waals surface area (Å²) in [5.41, 5.74) is 0.847. The third kappa shape index (κ3) is 2.72. The van der Waals surface area contributed by atoms with E-state index in [0.29, 0.717) is 26.2 Å². The summed E-state index contributed by atoms with van der Waals surface area (Å²) < 4.78 is 1.64. The molecule has 19 heavy (non-hydrogen) atoms. The number of carboxylic acid groups (broad SMARTS) is 1. The number of carbonyl (C=O) groups is 1. The number of pyridine rings is 1. The average Bonchev–Trinajstić information content (AvgIpc) is 2.38. The first kappa shape index (κ1) is 13.5. The molecule has 1 fully saturated rings. The lowest BCUT2D eigenvalue weighted by atomic mass is 10.2. The van der Waals surface area contributed by atoms with Crippen LogP contribution in [0.5, 0.6) is 0 Å². The molecule has 2 rings (SSSR count). The third-order valence-electron chi connectivity index (χ3n) is 3.56. The van der Waals surface area contributed by atoms with E-state index in [1.807, 2.05) is 19.9 Å². The Morgan fingerprint density at radius 3 is 2.74 bits per heavy atom. The minimum atomic E-state index is -0.881. The molecule has 1 saturated heterocycles. The number of aryl methyl sites for hydroxylation is 1. The van der Waals surface area contributed by atoms with Gasteiger partial charge in [-0.1, -0.05) is 0 Å². The summed E-state index contributed by atoms with van der Waals surface area (Å²) in [6.07, 6.45) is 0.903. The molecule has 2 heterocycles. The van der Waals surface area contributed by atoms with E-state index < -0.39 is 6.09 Å². The van der Waals surface area contributed by atoms with Crippen molar-refractivity contribution in [3.05, 3.63) is 28.7 Å². The Hall–Kier alpha value is -1.98. The average molecular weight is 265 g/mol. The van der Waals surface area contributed by atoms with E-state index in [4.69, 9.17) is 5.11 Å². The Balaban J connectivity index is 2.14. The van der Waals surface area contributed by atoms with Crippen molar-refractivity contribution < 1.29 is 9.90 Å². The fraction of sp³-hybridized carbons (Fsp3) is 0.538. The Morgan fingerprint density at radius 2 is 2.21 bits per heavy atom. The molecule has 6 nitrogen and oxygen atoms in total. The lowest BCUT2D eigenvalue weighted by Crippen LogP contribution is -2.53. The summed E-state index contributed by atoms with van der Waals surface area (Å²) in [5.74, 6) is 0. The van der Waals surface area contributed by atoms with Gasteiger partial charge in [-0.25, -0.2) is 4.79 Å². The van der Waals surface area contributed by atoms with Crippen LogP contribution in [0, 0.1) is 0 Å². The van der Waals surface area contributed by atoms with Crippen molar-refractivity contribution in [1.29, 1.82) is 0 Å². The molecule has 0 bridgehead atoms. The van der Waals surface area contributed by atoms with Crippen LogP contribution in [-0.2, 0) is 6.54 Å². The standard InChI is InChI=1S/C13H19N3O3/c1-3-14-5-4-11(8-12(14)17)15-6-7-16(13(18)19)10(2)9-15/h4-5,8,10H,3,6-7,9H2,1-2H3,(H,18,19). The van der Waals surface area contributed by atoms with Gasteiger partial charge in [-0.3, -0.25) is 4.79 Å². The summed E-state index contributed by atoms with van der Waals surface area (Å²) in [6.45, 7) is 6.16. The third-order valence-corrected chi connectivity index (χ3v) is 3.56. The Bertz CT molecular complexity index is 526. The van der Waals surface area contributed by atoms with Crippen molar-refractivity contribution in [1.82, 2.24) is 9.47 Å². The molecule has 1 amide bonds. The van der Waals surface area contributed by atoms with Crippen molar-refractivity contribution in [3.63, 3.8) is 0 Å². The van der Waals surface area contributed by atoms with Crippen LogP contribution in [0.4, 0.5) is 10.5 Å². The predicted molar refractivity (Wildman–Crippen MR) is 72.8 cm³/mol. The maximum absolute atomic E-state index is 11.8. The molecule has 0 aliphatic carbocycles. The SMILES string of the molecule is CCn1ccc(N2CCN(C(=O)O)C(C)C2)cc1=O. The molecule has 1 aromatic heterocycles. The summed E-state index contributed by atoms with van der Waals surface area (Å²) in [6, 6.07) is 3.46. The molecule has 1 aliphatic heterocycles. The van der Waals surface area contributed by atoms with Crippen molar-refractivity contribution in [2.75, 3.05) is 24.5 Å². The summed E-state index contributed by atoms with van der Waals surface area (Å²) in [7, 11) is 0. The molecule has 104 valence electrons. The van der Waals surface area contributed by atoms with Crippen LogP contribution >= 0.6 is 0 Å². The monoisotopic (exact) mass is 265 g/mol. The van der Waals surface area contributed by atoms with Crippen molar-refractivity contribution in [2.45, 2.75) is 26.4 Å². The summed E-state index contributed by atoms with van der Waals surface area (Å²) >= 11 is 0. The van der Waals surface area contributed by atoms with E-state index in [1.54, 1.807) is 16.8 Å². The van der Waals surface area contributed by atoms with Gasteiger partial charge in [0, 0.05) is 50.2 Å². The molecule has 1 atom stereocenters. The Labute approximate surface area is 111 Å². The van der Waals surface area contributed by atoms with E-state index in [-0.39, 0.29) is 11.6 Å². The van der Waals surface area contributed by atoms with Crippen molar-refractivity contribution in [3.8, 4) is 0 Å².